The van der Waals surface area contributed by atoms with Gasteiger partial charge in [-0.15, -0.1) is 0 Å². The molecule has 0 spiro atoms. The molecule has 15 heavy (non-hydrogen) atoms. The van der Waals surface area contributed by atoms with Crippen molar-refractivity contribution >= 4 is 0 Å². The number of rotatable bonds is 6. The van der Waals surface area contributed by atoms with E-state index in [0.29, 0.717) is 6.04 Å². The van der Waals surface area contributed by atoms with E-state index in [-0.39, 0.29) is 0 Å². The van der Waals surface area contributed by atoms with Crippen LogP contribution in [-0.2, 0) is 7.05 Å². The summed E-state index contributed by atoms with van der Waals surface area (Å²) in [5.74, 6) is 1.89. The molecule has 0 aliphatic heterocycles. The van der Waals surface area contributed by atoms with Gasteiger partial charge in [0, 0.05) is 19.4 Å². The second-order valence-electron chi connectivity index (χ2n) is 4.37. The van der Waals surface area contributed by atoms with E-state index >= 15 is 0 Å². The minimum absolute atomic E-state index is 0.381. The molecule has 0 bridgehead atoms. The van der Waals surface area contributed by atoms with Crippen LogP contribution in [0.15, 0.2) is 12.4 Å². The molecule has 1 N–H and O–H groups in total. The third kappa shape index (κ3) is 3.34. The first-order chi connectivity index (χ1) is 7.19. The van der Waals surface area contributed by atoms with Crippen molar-refractivity contribution in [1.82, 2.24) is 14.9 Å². The van der Waals surface area contributed by atoms with Gasteiger partial charge in [0.2, 0.25) is 0 Å². The van der Waals surface area contributed by atoms with E-state index in [1.54, 1.807) is 0 Å². The van der Waals surface area contributed by atoms with Gasteiger partial charge >= 0.3 is 0 Å². The second-order valence-corrected chi connectivity index (χ2v) is 4.37. The van der Waals surface area contributed by atoms with Crippen LogP contribution in [0.2, 0.25) is 0 Å². The highest BCUT2D eigenvalue weighted by molar-refractivity contribution is 4.98. The van der Waals surface area contributed by atoms with Crippen LogP contribution in [0.5, 0.6) is 0 Å². The van der Waals surface area contributed by atoms with E-state index in [9.17, 15) is 0 Å². The minimum atomic E-state index is 0.381. The highest BCUT2D eigenvalue weighted by atomic mass is 15.1. The monoisotopic (exact) mass is 209 g/mol. The molecule has 0 amide bonds. The Morgan fingerprint density at radius 1 is 1.53 bits per heavy atom. The Bertz CT molecular complexity index is 280. The van der Waals surface area contributed by atoms with Crippen LogP contribution in [0, 0.1) is 5.92 Å². The summed E-state index contributed by atoms with van der Waals surface area (Å²) in [4.78, 5) is 4.40. The average molecular weight is 209 g/mol. The Kier molecular flexibility index (Phi) is 4.82. The molecule has 2 unspecified atom stereocenters. The molecule has 86 valence electrons. The molecule has 0 aromatic carbocycles. The molecular weight excluding hydrogens is 186 g/mol. The van der Waals surface area contributed by atoms with Gasteiger partial charge in [-0.3, -0.25) is 0 Å². The fourth-order valence-electron chi connectivity index (χ4n) is 2.08. The fourth-order valence-corrected chi connectivity index (χ4v) is 2.08. The summed E-state index contributed by atoms with van der Waals surface area (Å²) in [6.45, 7) is 4.56. The molecule has 0 aliphatic carbocycles. The van der Waals surface area contributed by atoms with Crippen LogP contribution < -0.4 is 5.32 Å². The fraction of sp³-hybridized carbons (Fsp3) is 0.750. The molecular formula is C12H23N3. The first-order valence-electron chi connectivity index (χ1n) is 5.83. The van der Waals surface area contributed by atoms with Gasteiger partial charge in [0.05, 0.1) is 6.04 Å². The molecule has 1 heterocycles. The molecule has 0 radical (unpaired) electrons. The Balaban J connectivity index is 2.60. The molecule has 1 aromatic rings. The van der Waals surface area contributed by atoms with Crippen molar-refractivity contribution in [2.75, 3.05) is 7.05 Å². The first-order valence-corrected chi connectivity index (χ1v) is 5.83. The van der Waals surface area contributed by atoms with Crippen molar-refractivity contribution < 1.29 is 0 Å². The van der Waals surface area contributed by atoms with Crippen LogP contribution in [-0.4, -0.2) is 16.6 Å². The van der Waals surface area contributed by atoms with Gasteiger partial charge in [0.1, 0.15) is 5.82 Å². The maximum atomic E-state index is 4.40. The summed E-state index contributed by atoms with van der Waals surface area (Å²) in [5.41, 5.74) is 0. The highest BCUT2D eigenvalue weighted by Crippen LogP contribution is 2.21. The SMILES string of the molecule is CCCC(C)CC(NC)c1nccn1C. The Hall–Kier alpha value is -0.830. The van der Waals surface area contributed by atoms with Gasteiger partial charge in [-0.05, 0) is 19.4 Å². The van der Waals surface area contributed by atoms with Gasteiger partial charge in [0.15, 0.2) is 0 Å². The van der Waals surface area contributed by atoms with Gasteiger partial charge in [-0.1, -0.05) is 26.7 Å². The lowest BCUT2D eigenvalue weighted by atomic mass is 9.97. The van der Waals surface area contributed by atoms with E-state index in [4.69, 9.17) is 0 Å². The predicted octanol–water partition coefficient (Wildman–Crippen LogP) is 2.51. The number of aromatic nitrogens is 2. The van der Waals surface area contributed by atoms with Crippen LogP contribution >= 0.6 is 0 Å². The van der Waals surface area contributed by atoms with E-state index < -0.39 is 0 Å². The zero-order valence-electron chi connectivity index (χ0n) is 10.3. The minimum Gasteiger partial charge on any atom is -0.337 e. The number of nitrogens with one attached hydrogen (secondary N) is 1. The third-order valence-electron chi connectivity index (χ3n) is 2.94. The van der Waals surface area contributed by atoms with Crippen LogP contribution in [0.1, 0.15) is 45.0 Å². The highest BCUT2D eigenvalue weighted by Gasteiger charge is 2.16. The molecule has 0 saturated carbocycles. The number of hydrogen-bond acceptors (Lipinski definition) is 2. The topological polar surface area (TPSA) is 29.9 Å². The maximum Gasteiger partial charge on any atom is 0.125 e. The van der Waals surface area contributed by atoms with Crippen molar-refractivity contribution in [2.24, 2.45) is 13.0 Å². The summed E-state index contributed by atoms with van der Waals surface area (Å²) < 4.78 is 2.10. The lowest BCUT2D eigenvalue weighted by Gasteiger charge is -2.19. The van der Waals surface area contributed by atoms with Gasteiger partial charge < -0.3 is 9.88 Å². The molecule has 3 heteroatoms. The van der Waals surface area contributed by atoms with Crippen LogP contribution in [0.4, 0.5) is 0 Å². The first kappa shape index (κ1) is 12.2. The number of aryl methyl sites for hydroxylation is 1. The number of hydrogen-bond donors (Lipinski definition) is 1. The van der Waals surface area contributed by atoms with E-state index in [1.807, 2.05) is 19.4 Å². The molecule has 0 fully saturated rings. The lowest BCUT2D eigenvalue weighted by Crippen LogP contribution is -2.22. The summed E-state index contributed by atoms with van der Waals surface area (Å²) in [6.07, 6.45) is 7.59. The summed E-state index contributed by atoms with van der Waals surface area (Å²) in [5, 5.41) is 3.35. The van der Waals surface area contributed by atoms with Crippen molar-refractivity contribution in [3.8, 4) is 0 Å². The Morgan fingerprint density at radius 3 is 2.73 bits per heavy atom. The average Bonchev–Trinajstić information content (AvgIpc) is 2.61. The lowest BCUT2D eigenvalue weighted by molar-refractivity contribution is 0.390. The van der Waals surface area contributed by atoms with E-state index in [0.717, 1.165) is 18.2 Å². The van der Waals surface area contributed by atoms with Gasteiger partial charge in [0.25, 0.3) is 0 Å². The van der Waals surface area contributed by atoms with Gasteiger partial charge in [-0.2, -0.15) is 0 Å². The summed E-state index contributed by atoms with van der Waals surface area (Å²) in [7, 11) is 4.06. The number of nitrogens with zero attached hydrogens (tertiary/aromatic N) is 2. The van der Waals surface area contributed by atoms with Crippen molar-refractivity contribution in [1.29, 1.82) is 0 Å². The largest absolute Gasteiger partial charge is 0.337 e. The smallest absolute Gasteiger partial charge is 0.125 e. The molecule has 0 saturated heterocycles. The van der Waals surface area contributed by atoms with Crippen LogP contribution in [0.25, 0.3) is 0 Å². The van der Waals surface area contributed by atoms with Crippen molar-refractivity contribution in [2.45, 2.75) is 39.2 Å². The molecule has 3 nitrogen and oxygen atoms in total. The van der Waals surface area contributed by atoms with Crippen molar-refractivity contribution in [3.63, 3.8) is 0 Å². The van der Waals surface area contributed by atoms with E-state index in [1.165, 1.54) is 12.8 Å². The molecule has 2 atom stereocenters. The third-order valence-corrected chi connectivity index (χ3v) is 2.94. The summed E-state index contributed by atoms with van der Waals surface area (Å²) in [6, 6.07) is 0.381. The normalized spacial score (nSPS) is 15.2. The van der Waals surface area contributed by atoms with E-state index in [2.05, 4.69) is 35.8 Å². The Morgan fingerprint density at radius 2 is 2.27 bits per heavy atom. The molecule has 0 aliphatic rings. The molecule has 1 aromatic heterocycles. The zero-order valence-corrected chi connectivity index (χ0v) is 10.3. The zero-order chi connectivity index (χ0) is 11.3. The second kappa shape index (κ2) is 5.91. The standard InChI is InChI=1S/C12H23N3/c1-5-6-10(2)9-11(13-3)12-14-7-8-15(12)4/h7-8,10-11,13H,5-6,9H2,1-4H3. The van der Waals surface area contributed by atoms with Crippen LogP contribution in [0.3, 0.4) is 0 Å². The molecule has 1 rings (SSSR count). The quantitative estimate of drug-likeness (QED) is 0.780. The van der Waals surface area contributed by atoms with Gasteiger partial charge in [-0.25, -0.2) is 4.98 Å². The predicted molar refractivity (Wildman–Crippen MR) is 63.7 cm³/mol. The van der Waals surface area contributed by atoms with Crippen molar-refractivity contribution in [3.05, 3.63) is 18.2 Å². The number of imidazole rings is 1. The Labute approximate surface area is 92.9 Å². The summed E-state index contributed by atoms with van der Waals surface area (Å²) >= 11 is 0. The maximum absolute atomic E-state index is 4.40.